The molecular weight excluding hydrogens is 322 g/mol. The fraction of sp³-hybridized carbons (Fsp3) is 0.294. The lowest BCUT2D eigenvalue weighted by atomic mass is 10.2. The largest absolute Gasteiger partial charge is 0.378 e. The van der Waals surface area contributed by atoms with Crippen LogP contribution in [0.2, 0.25) is 0 Å². The summed E-state index contributed by atoms with van der Waals surface area (Å²) >= 11 is 1.43. The number of anilines is 1. The number of pyridine rings is 1. The van der Waals surface area contributed by atoms with Gasteiger partial charge in [0.25, 0.3) is 0 Å². The minimum atomic E-state index is 0.664. The average Bonchev–Trinajstić information content (AvgIpc) is 2.98. The molecule has 7 heteroatoms. The van der Waals surface area contributed by atoms with Gasteiger partial charge in [0.15, 0.2) is 5.82 Å². The highest BCUT2D eigenvalue weighted by Crippen LogP contribution is 2.36. The Morgan fingerprint density at radius 1 is 1.21 bits per heavy atom. The number of thiophene rings is 1. The molecule has 6 nitrogen and oxygen atoms in total. The Hall–Kier alpha value is -2.56. The molecule has 0 atom stereocenters. The van der Waals surface area contributed by atoms with Crippen molar-refractivity contribution in [1.82, 2.24) is 15.0 Å². The third-order valence-corrected chi connectivity index (χ3v) is 5.21. The maximum atomic E-state index is 9.38. The van der Waals surface area contributed by atoms with Crippen molar-refractivity contribution in [2.45, 2.75) is 6.92 Å². The fourth-order valence-corrected chi connectivity index (χ4v) is 3.83. The van der Waals surface area contributed by atoms with Crippen LogP contribution >= 0.6 is 11.3 Å². The highest BCUT2D eigenvalue weighted by atomic mass is 32.1. The van der Waals surface area contributed by atoms with Crippen molar-refractivity contribution in [3.63, 3.8) is 0 Å². The minimum Gasteiger partial charge on any atom is -0.378 e. The molecule has 1 saturated heterocycles. The monoisotopic (exact) mass is 337 g/mol. The summed E-state index contributed by atoms with van der Waals surface area (Å²) < 4.78 is 5.46. The molecule has 24 heavy (non-hydrogen) atoms. The van der Waals surface area contributed by atoms with E-state index >= 15 is 0 Å². The smallest absolute Gasteiger partial charge is 0.163 e. The van der Waals surface area contributed by atoms with Crippen LogP contribution in [0.3, 0.4) is 0 Å². The Bertz CT molecular complexity index is 926. The van der Waals surface area contributed by atoms with Gasteiger partial charge in [0, 0.05) is 31.0 Å². The quantitative estimate of drug-likeness (QED) is 0.716. The molecule has 0 aromatic carbocycles. The number of hydrogen-bond acceptors (Lipinski definition) is 7. The van der Waals surface area contributed by atoms with Crippen molar-refractivity contribution in [1.29, 1.82) is 5.26 Å². The zero-order valence-electron chi connectivity index (χ0n) is 13.2. The highest BCUT2D eigenvalue weighted by Gasteiger charge is 2.22. The van der Waals surface area contributed by atoms with Gasteiger partial charge in [-0.15, -0.1) is 11.3 Å². The maximum absolute atomic E-state index is 9.38. The molecule has 0 aliphatic carbocycles. The van der Waals surface area contributed by atoms with Crippen LogP contribution in [0.4, 0.5) is 5.82 Å². The molecule has 4 rings (SSSR count). The van der Waals surface area contributed by atoms with Crippen LogP contribution in [0.25, 0.3) is 21.6 Å². The van der Waals surface area contributed by atoms with E-state index in [1.54, 1.807) is 12.4 Å². The highest BCUT2D eigenvalue weighted by molar-refractivity contribution is 7.19. The van der Waals surface area contributed by atoms with Gasteiger partial charge in [-0.2, -0.15) is 5.26 Å². The van der Waals surface area contributed by atoms with Gasteiger partial charge in [0.05, 0.1) is 18.6 Å². The summed E-state index contributed by atoms with van der Waals surface area (Å²) in [6.45, 7) is 4.92. The summed E-state index contributed by atoms with van der Waals surface area (Å²) in [7, 11) is 0. The van der Waals surface area contributed by atoms with Crippen LogP contribution in [0.1, 0.15) is 10.4 Å². The standard InChI is InChI=1S/C17H15N5OS/c1-11-13(10-18)24-17-14(11)16(22-6-8-23-9-7-22)20-15(21-17)12-2-4-19-5-3-12/h2-5H,6-9H2,1H3. The molecular formula is C17H15N5OS. The van der Waals surface area contributed by atoms with Gasteiger partial charge < -0.3 is 9.64 Å². The fourth-order valence-electron chi connectivity index (χ4n) is 2.86. The molecule has 0 radical (unpaired) electrons. The minimum absolute atomic E-state index is 0.664. The number of rotatable bonds is 2. The lowest BCUT2D eigenvalue weighted by Crippen LogP contribution is -2.37. The Balaban J connectivity index is 1.96. The summed E-state index contributed by atoms with van der Waals surface area (Å²) in [6, 6.07) is 6.07. The molecule has 120 valence electrons. The van der Waals surface area contributed by atoms with Crippen LogP contribution in [-0.2, 0) is 4.74 Å². The van der Waals surface area contributed by atoms with Gasteiger partial charge in [-0.25, -0.2) is 9.97 Å². The first-order valence-corrected chi connectivity index (χ1v) is 8.54. The summed E-state index contributed by atoms with van der Waals surface area (Å²) in [5.41, 5.74) is 1.88. The SMILES string of the molecule is Cc1c(C#N)sc2nc(-c3ccncc3)nc(N3CCOCC3)c12. The van der Waals surface area contributed by atoms with Crippen molar-refractivity contribution >= 4 is 27.4 Å². The Kier molecular flexibility index (Phi) is 3.84. The molecule has 1 aliphatic heterocycles. The Labute approximate surface area is 143 Å². The normalized spacial score (nSPS) is 14.8. The second-order valence-electron chi connectivity index (χ2n) is 5.55. The van der Waals surface area contributed by atoms with E-state index in [0.717, 1.165) is 40.3 Å². The van der Waals surface area contributed by atoms with Crippen LogP contribution in [-0.4, -0.2) is 41.3 Å². The van der Waals surface area contributed by atoms with Crippen molar-refractivity contribution in [3.05, 3.63) is 35.0 Å². The summed E-state index contributed by atoms with van der Waals surface area (Å²) in [5.74, 6) is 1.56. The Morgan fingerprint density at radius 3 is 2.67 bits per heavy atom. The number of morpholine rings is 1. The first-order valence-electron chi connectivity index (χ1n) is 7.72. The van der Waals surface area contributed by atoms with Crippen molar-refractivity contribution in [2.24, 2.45) is 0 Å². The molecule has 4 heterocycles. The molecule has 0 N–H and O–H groups in total. The predicted octanol–water partition coefficient (Wildman–Crippen LogP) is 2.77. The molecule has 0 spiro atoms. The van der Waals surface area contributed by atoms with E-state index in [2.05, 4.69) is 16.0 Å². The van der Waals surface area contributed by atoms with E-state index in [-0.39, 0.29) is 0 Å². The van der Waals surface area contributed by atoms with Crippen molar-refractivity contribution < 1.29 is 4.74 Å². The zero-order valence-corrected chi connectivity index (χ0v) is 14.0. The number of aryl methyl sites for hydroxylation is 1. The number of nitriles is 1. The third-order valence-electron chi connectivity index (χ3n) is 4.12. The number of nitrogens with zero attached hydrogens (tertiary/aromatic N) is 5. The molecule has 0 bridgehead atoms. The van der Waals surface area contributed by atoms with Crippen LogP contribution in [0.5, 0.6) is 0 Å². The second kappa shape index (κ2) is 6.15. The van der Waals surface area contributed by atoms with E-state index in [1.165, 1.54) is 11.3 Å². The van der Waals surface area contributed by atoms with E-state index in [0.29, 0.717) is 23.9 Å². The number of aromatic nitrogens is 3. The van der Waals surface area contributed by atoms with E-state index in [1.807, 2.05) is 19.1 Å². The zero-order chi connectivity index (χ0) is 16.5. The van der Waals surface area contributed by atoms with Crippen LogP contribution in [0.15, 0.2) is 24.5 Å². The Morgan fingerprint density at radius 2 is 1.96 bits per heavy atom. The van der Waals surface area contributed by atoms with E-state index in [4.69, 9.17) is 14.7 Å². The summed E-state index contributed by atoms with van der Waals surface area (Å²) in [5, 5.41) is 10.4. The first-order chi connectivity index (χ1) is 11.8. The lowest BCUT2D eigenvalue weighted by molar-refractivity contribution is 0.122. The average molecular weight is 337 g/mol. The molecule has 0 amide bonds. The number of fused-ring (bicyclic) bond motifs is 1. The molecule has 3 aromatic rings. The second-order valence-corrected chi connectivity index (χ2v) is 6.55. The maximum Gasteiger partial charge on any atom is 0.163 e. The molecule has 0 unspecified atom stereocenters. The van der Waals surface area contributed by atoms with Crippen molar-refractivity contribution in [3.8, 4) is 17.5 Å². The van der Waals surface area contributed by atoms with E-state index in [9.17, 15) is 5.26 Å². The molecule has 3 aromatic heterocycles. The number of ether oxygens (including phenoxy) is 1. The number of hydrogen-bond donors (Lipinski definition) is 0. The van der Waals surface area contributed by atoms with Crippen molar-refractivity contribution in [2.75, 3.05) is 31.2 Å². The molecule has 1 fully saturated rings. The lowest BCUT2D eigenvalue weighted by Gasteiger charge is -2.28. The third kappa shape index (κ3) is 2.50. The summed E-state index contributed by atoms with van der Waals surface area (Å²) in [6.07, 6.45) is 3.47. The topological polar surface area (TPSA) is 74.9 Å². The molecule has 1 aliphatic rings. The van der Waals surface area contributed by atoms with Gasteiger partial charge >= 0.3 is 0 Å². The first kappa shape index (κ1) is 15.0. The summed E-state index contributed by atoms with van der Waals surface area (Å²) in [4.78, 5) is 17.4. The van der Waals surface area contributed by atoms with Gasteiger partial charge in [-0.1, -0.05) is 0 Å². The van der Waals surface area contributed by atoms with E-state index < -0.39 is 0 Å². The predicted molar refractivity (Wildman–Crippen MR) is 93.1 cm³/mol. The van der Waals surface area contributed by atoms with Crippen LogP contribution in [0, 0.1) is 18.3 Å². The van der Waals surface area contributed by atoms with Gasteiger partial charge in [-0.3, -0.25) is 4.98 Å². The van der Waals surface area contributed by atoms with Gasteiger partial charge in [0.2, 0.25) is 0 Å². The van der Waals surface area contributed by atoms with Gasteiger partial charge in [0.1, 0.15) is 21.6 Å². The van der Waals surface area contributed by atoms with Gasteiger partial charge in [-0.05, 0) is 24.6 Å². The molecule has 0 saturated carbocycles. The van der Waals surface area contributed by atoms with Crippen LogP contribution < -0.4 is 4.90 Å².